The molecule has 0 aliphatic rings. The minimum Gasteiger partial charge on any atom is -0.393 e. The van der Waals surface area contributed by atoms with Gasteiger partial charge in [0.25, 0.3) is 0 Å². The summed E-state index contributed by atoms with van der Waals surface area (Å²) in [5.74, 6) is 0.793. The summed E-state index contributed by atoms with van der Waals surface area (Å²) in [5, 5.41) is 12.5. The molecule has 0 fully saturated rings. The van der Waals surface area contributed by atoms with Gasteiger partial charge in [-0.3, -0.25) is 0 Å². The van der Waals surface area contributed by atoms with E-state index in [1.807, 2.05) is 6.92 Å². The Morgan fingerprint density at radius 1 is 1.00 bits per heavy atom. The molecule has 0 saturated carbocycles. The molecular weight excluding hydrogens is 162 g/mol. The van der Waals surface area contributed by atoms with Gasteiger partial charge in [0, 0.05) is 6.04 Å². The Morgan fingerprint density at radius 2 is 1.62 bits per heavy atom. The van der Waals surface area contributed by atoms with Crippen LogP contribution in [0.4, 0.5) is 0 Å². The van der Waals surface area contributed by atoms with Crippen LogP contribution < -0.4 is 5.32 Å². The Morgan fingerprint density at radius 3 is 2.08 bits per heavy atom. The van der Waals surface area contributed by atoms with Gasteiger partial charge in [-0.25, -0.2) is 0 Å². The number of rotatable bonds is 7. The number of hydrogen-bond donors (Lipinski definition) is 2. The topological polar surface area (TPSA) is 32.3 Å². The van der Waals surface area contributed by atoms with E-state index in [1.165, 1.54) is 12.8 Å². The molecule has 0 rings (SSSR count). The number of hydrogen-bond acceptors (Lipinski definition) is 2. The summed E-state index contributed by atoms with van der Waals surface area (Å²) < 4.78 is 0. The van der Waals surface area contributed by atoms with Crippen molar-refractivity contribution in [2.45, 2.75) is 59.1 Å². The highest BCUT2D eigenvalue weighted by Gasteiger charge is 2.03. The van der Waals surface area contributed by atoms with Gasteiger partial charge >= 0.3 is 0 Å². The second kappa shape index (κ2) is 7.34. The molecule has 0 aromatic rings. The van der Waals surface area contributed by atoms with Crippen molar-refractivity contribution >= 4 is 0 Å². The molecule has 2 atom stereocenters. The number of aliphatic hydroxyl groups is 1. The first kappa shape index (κ1) is 12.9. The second-order valence-electron chi connectivity index (χ2n) is 4.46. The summed E-state index contributed by atoms with van der Waals surface area (Å²) >= 11 is 0. The number of aliphatic hydroxyl groups excluding tert-OH is 1. The number of nitrogens with one attached hydrogen (secondary N) is 1. The molecule has 0 aliphatic carbocycles. The minimum absolute atomic E-state index is 0.176. The van der Waals surface area contributed by atoms with Crippen LogP contribution in [0.3, 0.4) is 0 Å². The van der Waals surface area contributed by atoms with Crippen LogP contribution in [0.2, 0.25) is 0 Å². The van der Waals surface area contributed by atoms with Gasteiger partial charge in [0.15, 0.2) is 0 Å². The van der Waals surface area contributed by atoms with Gasteiger partial charge < -0.3 is 10.4 Å². The predicted octanol–water partition coefficient (Wildman–Crippen LogP) is 2.17. The molecule has 0 aliphatic heterocycles. The molecule has 0 aromatic carbocycles. The zero-order valence-electron chi connectivity index (χ0n) is 9.51. The molecule has 0 saturated heterocycles. The fraction of sp³-hybridized carbons (Fsp3) is 1.00. The first-order valence-corrected chi connectivity index (χ1v) is 5.43. The Bertz CT molecular complexity index is 113. The first-order valence-electron chi connectivity index (χ1n) is 5.43. The maximum absolute atomic E-state index is 9.04. The molecule has 80 valence electrons. The van der Waals surface area contributed by atoms with Crippen molar-refractivity contribution < 1.29 is 5.11 Å². The van der Waals surface area contributed by atoms with E-state index in [9.17, 15) is 0 Å². The highest BCUT2D eigenvalue weighted by molar-refractivity contribution is 4.62. The molecular formula is C11H25NO. The summed E-state index contributed by atoms with van der Waals surface area (Å²) in [6.45, 7) is 9.48. The van der Waals surface area contributed by atoms with Crippen LogP contribution in [-0.2, 0) is 0 Å². The largest absolute Gasteiger partial charge is 0.393 e. The molecule has 2 N–H and O–H groups in total. The third-order valence-electron chi connectivity index (χ3n) is 2.23. The second-order valence-corrected chi connectivity index (χ2v) is 4.46. The lowest BCUT2D eigenvalue weighted by molar-refractivity contribution is 0.182. The standard InChI is InChI=1S/C11H25NO/c1-9(2)5-6-10(3)12-8-7-11(4)13/h9-13H,5-8H2,1-4H3/t10-,11+/m1/s1. The van der Waals surface area contributed by atoms with Crippen LogP contribution in [0.5, 0.6) is 0 Å². The van der Waals surface area contributed by atoms with Crippen molar-refractivity contribution in [1.29, 1.82) is 0 Å². The van der Waals surface area contributed by atoms with Crippen molar-refractivity contribution in [3.63, 3.8) is 0 Å². The molecule has 0 radical (unpaired) electrons. The van der Waals surface area contributed by atoms with E-state index in [1.54, 1.807) is 0 Å². The van der Waals surface area contributed by atoms with Crippen molar-refractivity contribution in [2.24, 2.45) is 5.92 Å². The van der Waals surface area contributed by atoms with Crippen LogP contribution in [0.1, 0.15) is 47.0 Å². The molecule has 0 aromatic heterocycles. The van der Waals surface area contributed by atoms with Gasteiger partial charge in [-0.05, 0) is 45.6 Å². The van der Waals surface area contributed by atoms with E-state index in [0.717, 1.165) is 18.9 Å². The summed E-state index contributed by atoms with van der Waals surface area (Å²) in [7, 11) is 0. The van der Waals surface area contributed by atoms with Crippen LogP contribution in [0.25, 0.3) is 0 Å². The average molecular weight is 187 g/mol. The lowest BCUT2D eigenvalue weighted by Gasteiger charge is -2.15. The third-order valence-corrected chi connectivity index (χ3v) is 2.23. The highest BCUT2D eigenvalue weighted by Crippen LogP contribution is 2.06. The SMILES string of the molecule is CC(C)CC[C@@H](C)NCC[C@H](C)O. The van der Waals surface area contributed by atoms with E-state index in [2.05, 4.69) is 26.1 Å². The zero-order chi connectivity index (χ0) is 10.3. The maximum Gasteiger partial charge on any atom is 0.0524 e. The lowest BCUT2D eigenvalue weighted by atomic mass is 10.0. The van der Waals surface area contributed by atoms with Gasteiger partial charge in [0.1, 0.15) is 0 Å². The van der Waals surface area contributed by atoms with Crippen molar-refractivity contribution in [3.8, 4) is 0 Å². The van der Waals surface area contributed by atoms with Gasteiger partial charge in [-0.2, -0.15) is 0 Å². The zero-order valence-corrected chi connectivity index (χ0v) is 9.51. The molecule has 2 nitrogen and oxygen atoms in total. The smallest absolute Gasteiger partial charge is 0.0524 e. The van der Waals surface area contributed by atoms with Gasteiger partial charge in [-0.1, -0.05) is 13.8 Å². The molecule has 13 heavy (non-hydrogen) atoms. The van der Waals surface area contributed by atoms with Crippen LogP contribution >= 0.6 is 0 Å². The van der Waals surface area contributed by atoms with Crippen molar-refractivity contribution in [2.75, 3.05) is 6.54 Å². The molecule has 0 spiro atoms. The normalized spacial score (nSPS) is 16.2. The van der Waals surface area contributed by atoms with Crippen LogP contribution in [0, 0.1) is 5.92 Å². The fourth-order valence-electron chi connectivity index (χ4n) is 1.22. The Hall–Kier alpha value is -0.0800. The van der Waals surface area contributed by atoms with Gasteiger partial charge in [-0.15, -0.1) is 0 Å². The molecule has 2 heteroatoms. The summed E-state index contributed by atoms with van der Waals surface area (Å²) in [6, 6.07) is 0.584. The van der Waals surface area contributed by atoms with E-state index in [-0.39, 0.29) is 6.10 Å². The minimum atomic E-state index is -0.176. The Kier molecular flexibility index (Phi) is 7.29. The molecule has 0 bridgehead atoms. The van der Waals surface area contributed by atoms with Crippen molar-refractivity contribution in [1.82, 2.24) is 5.32 Å². The molecule has 0 unspecified atom stereocenters. The fourth-order valence-corrected chi connectivity index (χ4v) is 1.22. The highest BCUT2D eigenvalue weighted by atomic mass is 16.3. The quantitative estimate of drug-likeness (QED) is 0.640. The van der Waals surface area contributed by atoms with Crippen LogP contribution in [0.15, 0.2) is 0 Å². The van der Waals surface area contributed by atoms with Gasteiger partial charge in [0.05, 0.1) is 6.10 Å². The average Bonchev–Trinajstić information content (AvgIpc) is 2.00. The summed E-state index contributed by atoms with van der Waals surface area (Å²) in [6.07, 6.45) is 3.19. The van der Waals surface area contributed by atoms with Crippen LogP contribution in [-0.4, -0.2) is 23.8 Å². The predicted molar refractivity (Wildman–Crippen MR) is 57.8 cm³/mol. The monoisotopic (exact) mass is 187 g/mol. The van der Waals surface area contributed by atoms with E-state index >= 15 is 0 Å². The summed E-state index contributed by atoms with van der Waals surface area (Å²) in [4.78, 5) is 0. The van der Waals surface area contributed by atoms with Gasteiger partial charge in [0.2, 0.25) is 0 Å². The Labute approximate surface area is 82.7 Å². The molecule has 0 amide bonds. The lowest BCUT2D eigenvalue weighted by Crippen LogP contribution is -2.28. The third kappa shape index (κ3) is 9.84. The van der Waals surface area contributed by atoms with E-state index < -0.39 is 0 Å². The Balaban J connectivity index is 3.25. The maximum atomic E-state index is 9.04. The van der Waals surface area contributed by atoms with E-state index in [0.29, 0.717) is 6.04 Å². The summed E-state index contributed by atoms with van der Waals surface area (Å²) in [5.41, 5.74) is 0. The van der Waals surface area contributed by atoms with E-state index in [4.69, 9.17) is 5.11 Å². The first-order chi connectivity index (χ1) is 6.02. The van der Waals surface area contributed by atoms with Crippen molar-refractivity contribution in [3.05, 3.63) is 0 Å². The molecule has 0 heterocycles.